The number of rotatable bonds is 4. The summed E-state index contributed by atoms with van der Waals surface area (Å²) in [7, 11) is 1.26. The quantitative estimate of drug-likeness (QED) is 0.672. The summed E-state index contributed by atoms with van der Waals surface area (Å²) in [4.78, 5) is 22.2. The van der Waals surface area contributed by atoms with E-state index < -0.39 is 18.8 Å². The van der Waals surface area contributed by atoms with Gasteiger partial charge in [-0.15, -0.1) is 0 Å². The average Bonchev–Trinajstić information content (AvgIpc) is 3.15. The van der Waals surface area contributed by atoms with Crippen LogP contribution >= 0.6 is 0 Å². The number of ether oxygens (including phenoxy) is 2. The third-order valence-corrected chi connectivity index (χ3v) is 4.70. The van der Waals surface area contributed by atoms with Gasteiger partial charge in [-0.05, 0) is 12.1 Å². The molecule has 0 aliphatic carbocycles. The molecule has 0 unspecified atom stereocenters. The highest BCUT2D eigenvalue weighted by Crippen LogP contribution is 2.30. The fourth-order valence-electron chi connectivity index (χ4n) is 3.23. The molecule has 1 aliphatic heterocycles. The third kappa shape index (κ3) is 4.68. The van der Waals surface area contributed by atoms with Gasteiger partial charge in [0.1, 0.15) is 6.54 Å². The molecule has 0 bridgehead atoms. The number of hydrogen-bond acceptors (Lipinski definition) is 7. The molecule has 12 heteroatoms. The molecule has 1 aromatic carbocycles. The molecule has 1 N–H and O–H groups in total. The highest BCUT2D eigenvalue weighted by Gasteiger charge is 2.30. The zero-order valence-corrected chi connectivity index (χ0v) is 16.5. The number of methoxy groups -OCH3 is 1. The van der Waals surface area contributed by atoms with Gasteiger partial charge in [0.25, 0.3) is 0 Å². The van der Waals surface area contributed by atoms with Gasteiger partial charge in [-0.1, -0.05) is 12.1 Å². The molecule has 1 fully saturated rings. The highest BCUT2D eigenvalue weighted by atomic mass is 19.4. The van der Waals surface area contributed by atoms with Crippen molar-refractivity contribution in [3.63, 3.8) is 0 Å². The number of hydrogen-bond donors (Lipinski definition) is 1. The third-order valence-electron chi connectivity index (χ3n) is 4.70. The molecule has 164 valence electrons. The number of halogens is 3. The molecule has 0 radical (unpaired) electrons. The molecule has 0 atom stereocenters. The van der Waals surface area contributed by atoms with Crippen LogP contribution in [0.1, 0.15) is 0 Å². The van der Waals surface area contributed by atoms with Gasteiger partial charge < -0.3 is 14.4 Å². The number of carbonyl (C=O) groups is 1. The molecular weight excluding hydrogens is 417 g/mol. The first-order chi connectivity index (χ1) is 14.8. The van der Waals surface area contributed by atoms with Crippen molar-refractivity contribution in [1.29, 1.82) is 0 Å². The highest BCUT2D eigenvalue weighted by molar-refractivity contribution is 5.92. The first-order valence-corrected chi connectivity index (χ1v) is 9.42. The van der Waals surface area contributed by atoms with Crippen molar-refractivity contribution in [2.75, 3.05) is 43.6 Å². The Morgan fingerprint density at radius 2 is 1.90 bits per heavy atom. The zero-order chi connectivity index (χ0) is 22.0. The molecular formula is C19H19F3N6O3. The second-order valence-corrected chi connectivity index (χ2v) is 6.82. The predicted octanol–water partition coefficient (Wildman–Crippen LogP) is 3.07. The Bertz CT molecular complexity index is 1080. The minimum Gasteiger partial charge on any atom is -0.453 e. The second kappa shape index (κ2) is 8.38. The van der Waals surface area contributed by atoms with Gasteiger partial charge in [-0.2, -0.15) is 23.3 Å². The predicted molar refractivity (Wildman–Crippen MR) is 106 cm³/mol. The summed E-state index contributed by atoms with van der Waals surface area (Å²) in [6.45, 7) is 0.761. The van der Waals surface area contributed by atoms with E-state index >= 15 is 0 Å². The number of morpholine rings is 1. The number of fused-ring (bicyclic) bond motifs is 1. The Morgan fingerprint density at radius 1 is 1.19 bits per heavy atom. The van der Waals surface area contributed by atoms with E-state index in [1.54, 1.807) is 24.3 Å². The van der Waals surface area contributed by atoms with Crippen molar-refractivity contribution >= 4 is 28.8 Å². The normalized spacial score (nSPS) is 14.6. The van der Waals surface area contributed by atoms with E-state index in [-0.39, 0.29) is 5.65 Å². The smallest absolute Gasteiger partial charge is 0.411 e. The number of alkyl halides is 3. The number of nitrogens with one attached hydrogen (secondary N) is 1. The van der Waals surface area contributed by atoms with E-state index in [1.807, 2.05) is 4.90 Å². The number of amides is 1. The van der Waals surface area contributed by atoms with Crippen LogP contribution < -0.4 is 10.2 Å². The maximum atomic E-state index is 13.0. The maximum absolute atomic E-state index is 13.0. The lowest BCUT2D eigenvalue weighted by atomic mass is 10.1. The monoisotopic (exact) mass is 436 g/mol. The number of benzene rings is 1. The van der Waals surface area contributed by atoms with Crippen molar-refractivity contribution in [2.24, 2.45) is 0 Å². The molecule has 4 rings (SSSR count). The number of carbonyl (C=O) groups excluding carboxylic acids is 1. The Morgan fingerprint density at radius 3 is 2.55 bits per heavy atom. The largest absolute Gasteiger partial charge is 0.453 e. The van der Waals surface area contributed by atoms with Gasteiger partial charge in [0.2, 0.25) is 5.95 Å². The van der Waals surface area contributed by atoms with Gasteiger partial charge in [0.15, 0.2) is 5.65 Å². The van der Waals surface area contributed by atoms with Crippen molar-refractivity contribution in [1.82, 2.24) is 19.7 Å². The first kappa shape index (κ1) is 20.8. The van der Waals surface area contributed by atoms with Gasteiger partial charge in [0, 0.05) is 24.3 Å². The fourth-order valence-corrected chi connectivity index (χ4v) is 3.23. The van der Waals surface area contributed by atoms with Crippen LogP contribution in [0.25, 0.3) is 22.3 Å². The zero-order valence-electron chi connectivity index (χ0n) is 16.5. The van der Waals surface area contributed by atoms with Crippen molar-refractivity contribution in [2.45, 2.75) is 12.7 Å². The van der Waals surface area contributed by atoms with Gasteiger partial charge >= 0.3 is 12.3 Å². The summed E-state index contributed by atoms with van der Waals surface area (Å²) in [5.74, 6) is 0.312. The van der Waals surface area contributed by atoms with Crippen LogP contribution in [-0.2, 0) is 16.0 Å². The molecule has 1 amide bonds. The van der Waals surface area contributed by atoms with E-state index in [0.717, 1.165) is 4.68 Å². The van der Waals surface area contributed by atoms with Gasteiger partial charge in [-0.3, -0.25) is 5.32 Å². The minimum absolute atomic E-state index is 0.0978. The molecule has 2 aromatic heterocycles. The molecule has 0 saturated carbocycles. The van der Waals surface area contributed by atoms with Gasteiger partial charge in [0.05, 0.1) is 37.6 Å². The second-order valence-electron chi connectivity index (χ2n) is 6.82. The lowest BCUT2D eigenvalue weighted by Gasteiger charge is -2.27. The number of nitrogens with zero attached hydrogens (tertiary/aromatic N) is 5. The molecule has 0 spiro atoms. The van der Waals surface area contributed by atoms with E-state index in [1.165, 1.54) is 13.3 Å². The van der Waals surface area contributed by atoms with Crippen LogP contribution in [0, 0.1) is 0 Å². The topological polar surface area (TPSA) is 94.4 Å². The average molecular weight is 436 g/mol. The van der Waals surface area contributed by atoms with Crippen LogP contribution in [0.3, 0.4) is 0 Å². The van der Waals surface area contributed by atoms with Crippen molar-refractivity contribution in [3.05, 3.63) is 30.5 Å². The molecule has 31 heavy (non-hydrogen) atoms. The molecule has 3 aromatic rings. The number of aromatic nitrogens is 4. The van der Waals surface area contributed by atoms with Crippen molar-refractivity contribution in [3.8, 4) is 11.3 Å². The van der Waals surface area contributed by atoms with E-state index in [9.17, 15) is 18.0 Å². The Labute approximate surface area is 174 Å². The standard InChI is InChI=1S/C19H19F3N6O3/c1-30-18(29)24-13-4-2-12(3-5-13)15-14-10-23-28(11-19(20,21)22)16(14)26-17(25-15)27-6-8-31-9-7-27/h2-5,10H,6-9,11H2,1H3,(H,24,29). The summed E-state index contributed by atoms with van der Waals surface area (Å²) in [5.41, 5.74) is 1.69. The Balaban J connectivity index is 1.78. The lowest BCUT2D eigenvalue weighted by Crippen LogP contribution is -2.37. The Kier molecular flexibility index (Phi) is 5.63. The van der Waals surface area contributed by atoms with Crippen LogP contribution in [0.4, 0.5) is 29.6 Å². The lowest BCUT2D eigenvalue weighted by molar-refractivity contribution is -0.141. The van der Waals surface area contributed by atoms with Crippen LogP contribution in [-0.4, -0.2) is 65.4 Å². The van der Waals surface area contributed by atoms with Crippen LogP contribution in [0.15, 0.2) is 30.5 Å². The number of anilines is 2. The summed E-state index contributed by atoms with van der Waals surface area (Å²) in [6, 6.07) is 6.71. The first-order valence-electron chi connectivity index (χ1n) is 9.42. The summed E-state index contributed by atoms with van der Waals surface area (Å²) >= 11 is 0. The van der Waals surface area contributed by atoms with Crippen molar-refractivity contribution < 1.29 is 27.4 Å². The maximum Gasteiger partial charge on any atom is 0.411 e. The molecule has 1 aliphatic rings. The van der Waals surface area contributed by atoms with E-state index in [0.29, 0.717) is 54.6 Å². The van der Waals surface area contributed by atoms with Gasteiger partial charge in [-0.25, -0.2) is 14.5 Å². The summed E-state index contributed by atoms with van der Waals surface area (Å²) in [6.07, 6.45) is -3.72. The van der Waals surface area contributed by atoms with E-state index in [2.05, 4.69) is 25.1 Å². The summed E-state index contributed by atoms with van der Waals surface area (Å²) < 4.78 is 49.8. The molecule has 1 saturated heterocycles. The fraction of sp³-hybridized carbons (Fsp3) is 0.368. The minimum atomic E-state index is -4.44. The van der Waals surface area contributed by atoms with Crippen LogP contribution in [0.2, 0.25) is 0 Å². The molecule has 9 nitrogen and oxygen atoms in total. The SMILES string of the molecule is COC(=O)Nc1ccc(-c2nc(N3CCOCC3)nc3c2cnn3CC(F)(F)F)cc1. The summed E-state index contributed by atoms with van der Waals surface area (Å²) in [5, 5.41) is 6.84. The van der Waals surface area contributed by atoms with E-state index in [4.69, 9.17) is 4.74 Å². The Hall–Kier alpha value is -3.41. The molecule has 3 heterocycles. The van der Waals surface area contributed by atoms with Crippen LogP contribution in [0.5, 0.6) is 0 Å².